The highest BCUT2D eigenvalue weighted by Gasteiger charge is 2.10. The Morgan fingerprint density at radius 2 is 2.20 bits per heavy atom. The van der Waals surface area contributed by atoms with E-state index in [-0.39, 0.29) is 11.9 Å². The average Bonchev–Trinajstić information content (AvgIpc) is 2.19. The van der Waals surface area contributed by atoms with Crippen molar-refractivity contribution in [3.05, 3.63) is 0 Å². The molecule has 90 valence electrons. The van der Waals surface area contributed by atoms with Gasteiger partial charge in [-0.1, -0.05) is 13.3 Å². The SMILES string of the molecule is CCCC(COC)NC(=O)CCCCN. The first kappa shape index (κ1) is 14.4. The fourth-order valence-corrected chi connectivity index (χ4v) is 1.48. The smallest absolute Gasteiger partial charge is 0.220 e. The number of amides is 1. The monoisotopic (exact) mass is 216 g/mol. The number of methoxy groups -OCH3 is 1. The van der Waals surface area contributed by atoms with Crippen molar-refractivity contribution in [2.45, 2.75) is 45.1 Å². The number of nitrogens with one attached hydrogen (secondary N) is 1. The van der Waals surface area contributed by atoms with Gasteiger partial charge in [0.25, 0.3) is 0 Å². The van der Waals surface area contributed by atoms with Gasteiger partial charge in [0, 0.05) is 13.5 Å². The third-order valence-corrected chi connectivity index (χ3v) is 2.23. The molecule has 1 unspecified atom stereocenters. The summed E-state index contributed by atoms with van der Waals surface area (Å²) >= 11 is 0. The number of carbonyl (C=O) groups excluding carboxylic acids is 1. The zero-order valence-corrected chi connectivity index (χ0v) is 9.92. The van der Waals surface area contributed by atoms with E-state index < -0.39 is 0 Å². The summed E-state index contributed by atoms with van der Waals surface area (Å²) in [6.45, 7) is 3.35. The second kappa shape index (κ2) is 9.93. The van der Waals surface area contributed by atoms with Gasteiger partial charge in [0.15, 0.2) is 0 Å². The molecule has 0 aliphatic heterocycles. The van der Waals surface area contributed by atoms with Crippen molar-refractivity contribution in [1.29, 1.82) is 0 Å². The predicted molar refractivity (Wildman–Crippen MR) is 61.6 cm³/mol. The lowest BCUT2D eigenvalue weighted by atomic mass is 10.1. The summed E-state index contributed by atoms with van der Waals surface area (Å²) in [7, 11) is 1.66. The van der Waals surface area contributed by atoms with Gasteiger partial charge in [-0.25, -0.2) is 0 Å². The molecule has 0 radical (unpaired) electrons. The largest absolute Gasteiger partial charge is 0.383 e. The van der Waals surface area contributed by atoms with Crippen molar-refractivity contribution < 1.29 is 9.53 Å². The molecule has 0 heterocycles. The summed E-state index contributed by atoms with van der Waals surface area (Å²) in [5, 5.41) is 2.97. The molecular formula is C11H24N2O2. The Bertz CT molecular complexity index is 157. The molecule has 4 heteroatoms. The Labute approximate surface area is 92.6 Å². The van der Waals surface area contributed by atoms with Crippen LogP contribution in [0.4, 0.5) is 0 Å². The molecule has 0 saturated heterocycles. The molecule has 15 heavy (non-hydrogen) atoms. The molecule has 0 aliphatic rings. The maximum atomic E-state index is 11.5. The molecule has 0 spiro atoms. The number of carbonyl (C=O) groups is 1. The van der Waals surface area contributed by atoms with Crippen LogP contribution in [-0.2, 0) is 9.53 Å². The standard InChI is InChI=1S/C11H24N2O2/c1-3-6-10(9-15-2)13-11(14)7-4-5-8-12/h10H,3-9,12H2,1-2H3,(H,13,14). The lowest BCUT2D eigenvalue weighted by molar-refractivity contribution is -0.122. The number of nitrogens with two attached hydrogens (primary N) is 1. The quantitative estimate of drug-likeness (QED) is 0.566. The van der Waals surface area contributed by atoms with E-state index >= 15 is 0 Å². The maximum absolute atomic E-state index is 11.5. The molecule has 0 saturated carbocycles. The Morgan fingerprint density at radius 1 is 1.47 bits per heavy atom. The van der Waals surface area contributed by atoms with Crippen molar-refractivity contribution >= 4 is 5.91 Å². The van der Waals surface area contributed by atoms with Gasteiger partial charge in [-0.3, -0.25) is 4.79 Å². The van der Waals surface area contributed by atoms with E-state index in [0.717, 1.165) is 25.7 Å². The Morgan fingerprint density at radius 3 is 2.73 bits per heavy atom. The van der Waals surface area contributed by atoms with E-state index in [0.29, 0.717) is 19.6 Å². The fraction of sp³-hybridized carbons (Fsp3) is 0.909. The summed E-state index contributed by atoms with van der Waals surface area (Å²) in [4.78, 5) is 11.5. The number of unbranched alkanes of at least 4 members (excludes halogenated alkanes) is 1. The molecule has 3 N–H and O–H groups in total. The summed E-state index contributed by atoms with van der Waals surface area (Å²) < 4.78 is 5.05. The first-order chi connectivity index (χ1) is 7.24. The second-order valence-electron chi connectivity index (χ2n) is 3.75. The molecular weight excluding hydrogens is 192 g/mol. The van der Waals surface area contributed by atoms with E-state index in [2.05, 4.69) is 12.2 Å². The van der Waals surface area contributed by atoms with Gasteiger partial charge in [-0.2, -0.15) is 0 Å². The zero-order valence-electron chi connectivity index (χ0n) is 9.92. The van der Waals surface area contributed by atoms with Crippen LogP contribution in [0, 0.1) is 0 Å². The lowest BCUT2D eigenvalue weighted by Crippen LogP contribution is -2.37. The van der Waals surface area contributed by atoms with E-state index in [1.165, 1.54) is 0 Å². The minimum atomic E-state index is 0.110. The lowest BCUT2D eigenvalue weighted by Gasteiger charge is -2.16. The molecule has 0 fully saturated rings. The van der Waals surface area contributed by atoms with Gasteiger partial charge in [-0.15, -0.1) is 0 Å². The van der Waals surface area contributed by atoms with Crippen molar-refractivity contribution in [2.75, 3.05) is 20.3 Å². The van der Waals surface area contributed by atoms with Crippen LogP contribution in [0.1, 0.15) is 39.0 Å². The first-order valence-corrected chi connectivity index (χ1v) is 5.73. The van der Waals surface area contributed by atoms with Crippen LogP contribution in [0.5, 0.6) is 0 Å². The highest BCUT2D eigenvalue weighted by atomic mass is 16.5. The highest BCUT2D eigenvalue weighted by molar-refractivity contribution is 5.76. The van der Waals surface area contributed by atoms with Crippen LogP contribution < -0.4 is 11.1 Å². The number of ether oxygens (including phenoxy) is 1. The van der Waals surface area contributed by atoms with Gasteiger partial charge in [0.2, 0.25) is 5.91 Å². The van der Waals surface area contributed by atoms with Crippen LogP contribution in [0.3, 0.4) is 0 Å². The van der Waals surface area contributed by atoms with Crippen molar-refractivity contribution in [2.24, 2.45) is 5.73 Å². The Balaban J connectivity index is 3.67. The molecule has 1 atom stereocenters. The van der Waals surface area contributed by atoms with Crippen molar-refractivity contribution in [3.63, 3.8) is 0 Å². The summed E-state index contributed by atoms with van der Waals surface area (Å²) in [5.74, 6) is 0.110. The molecule has 0 rings (SSSR count). The molecule has 4 nitrogen and oxygen atoms in total. The topological polar surface area (TPSA) is 64.3 Å². The van der Waals surface area contributed by atoms with E-state index in [1.807, 2.05) is 0 Å². The van der Waals surface area contributed by atoms with E-state index in [4.69, 9.17) is 10.5 Å². The molecule has 0 aliphatic carbocycles. The highest BCUT2D eigenvalue weighted by Crippen LogP contribution is 1.99. The second-order valence-corrected chi connectivity index (χ2v) is 3.75. The summed E-state index contributed by atoms with van der Waals surface area (Å²) in [5.41, 5.74) is 5.36. The summed E-state index contributed by atoms with van der Waals surface area (Å²) in [6.07, 6.45) is 4.37. The Kier molecular flexibility index (Phi) is 9.52. The van der Waals surface area contributed by atoms with Gasteiger partial charge < -0.3 is 15.8 Å². The van der Waals surface area contributed by atoms with E-state index in [9.17, 15) is 4.79 Å². The molecule has 0 bridgehead atoms. The number of hydrogen-bond acceptors (Lipinski definition) is 3. The number of rotatable bonds is 9. The number of hydrogen-bond donors (Lipinski definition) is 2. The van der Waals surface area contributed by atoms with Crippen LogP contribution >= 0.6 is 0 Å². The summed E-state index contributed by atoms with van der Waals surface area (Å²) in [6, 6.07) is 0.158. The molecule has 0 aromatic heterocycles. The first-order valence-electron chi connectivity index (χ1n) is 5.73. The van der Waals surface area contributed by atoms with Crippen LogP contribution in [0.2, 0.25) is 0 Å². The van der Waals surface area contributed by atoms with Crippen molar-refractivity contribution in [1.82, 2.24) is 5.32 Å². The minimum absolute atomic E-state index is 0.110. The predicted octanol–water partition coefficient (Wildman–Crippen LogP) is 1.05. The molecule has 1 amide bonds. The van der Waals surface area contributed by atoms with Gasteiger partial charge >= 0.3 is 0 Å². The normalized spacial score (nSPS) is 12.5. The van der Waals surface area contributed by atoms with Crippen molar-refractivity contribution in [3.8, 4) is 0 Å². The minimum Gasteiger partial charge on any atom is -0.383 e. The van der Waals surface area contributed by atoms with Gasteiger partial charge in [-0.05, 0) is 25.8 Å². The van der Waals surface area contributed by atoms with Crippen LogP contribution in [0.15, 0.2) is 0 Å². The molecule has 0 aromatic carbocycles. The van der Waals surface area contributed by atoms with Gasteiger partial charge in [0.05, 0.1) is 12.6 Å². The van der Waals surface area contributed by atoms with E-state index in [1.54, 1.807) is 7.11 Å². The Hall–Kier alpha value is -0.610. The average molecular weight is 216 g/mol. The third kappa shape index (κ3) is 8.39. The fourth-order valence-electron chi connectivity index (χ4n) is 1.48. The van der Waals surface area contributed by atoms with Crippen LogP contribution in [0.25, 0.3) is 0 Å². The molecule has 0 aromatic rings. The van der Waals surface area contributed by atoms with Crippen LogP contribution in [-0.4, -0.2) is 32.2 Å². The maximum Gasteiger partial charge on any atom is 0.220 e. The zero-order chi connectivity index (χ0) is 11.5. The van der Waals surface area contributed by atoms with Gasteiger partial charge in [0.1, 0.15) is 0 Å². The third-order valence-electron chi connectivity index (χ3n) is 2.23.